The van der Waals surface area contributed by atoms with Crippen LogP contribution in [0, 0.1) is 10.1 Å². The van der Waals surface area contributed by atoms with Crippen molar-refractivity contribution in [3.05, 3.63) is 63.1 Å². The first-order valence-electron chi connectivity index (χ1n) is 6.62. The minimum atomic E-state index is -1.11. The minimum Gasteiger partial charge on any atom is -0.459 e. The van der Waals surface area contributed by atoms with Crippen LogP contribution < -0.4 is 10.9 Å². The first kappa shape index (κ1) is 17.9. The van der Waals surface area contributed by atoms with Crippen molar-refractivity contribution in [2.75, 3.05) is 6.61 Å². The maximum absolute atomic E-state index is 11.9. The summed E-state index contributed by atoms with van der Waals surface area (Å²) in [6.45, 7) is -0.777. The highest BCUT2D eigenvalue weighted by molar-refractivity contribution is 6.31. The lowest BCUT2D eigenvalue weighted by atomic mass is 10.2. The zero-order chi connectivity index (χ0) is 18.4. The van der Waals surface area contributed by atoms with Crippen LogP contribution in [0.25, 0.3) is 0 Å². The Kier molecular flexibility index (Phi) is 5.69. The molecule has 1 heterocycles. The lowest BCUT2D eigenvalue weighted by molar-refractivity contribution is -0.385. The van der Waals surface area contributed by atoms with Crippen molar-refractivity contribution in [3.8, 4) is 0 Å². The molecule has 0 saturated heterocycles. The summed E-state index contributed by atoms with van der Waals surface area (Å²) in [5.41, 5.74) is 3.11. The molecule has 25 heavy (non-hydrogen) atoms. The Morgan fingerprint density at radius 3 is 2.64 bits per heavy atom. The Labute approximate surface area is 144 Å². The molecule has 0 bridgehead atoms. The average molecular weight is 368 g/mol. The summed E-state index contributed by atoms with van der Waals surface area (Å²) in [6, 6.07) is 6.20. The summed E-state index contributed by atoms with van der Waals surface area (Å²) >= 11 is 5.70. The minimum absolute atomic E-state index is 0.0353. The first-order valence-corrected chi connectivity index (χ1v) is 7.00. The molecule has 10 nitrogen and oxygen atoms in total. The highest BCUT2D eigenvalue weighted by Crippen LogP contribution is 2.23. The van der Waals surface area contributed by atoms with Gasteiger partial charge in [0.15, 0.2) is 12.4 Å². The molecule has 11 heteroatoms. The van der Waals surface area contributed by atoms with Crippen molar-refractivity contribution in [2.24, 2.45) is 0 Å². The van der Waals surface area contributed by atoms with Gasteiger partial charge in [-0.25, -0.2) is 4.79 Å². The SMILES string of the molecule is O=C(COC(=O)c1cc(Cl)ccc1[N+](=O)[O-])NNC(=O)c1ccco1. The maximum atomic E-state index is 11.9. The van der Waals surface area contributed by atoms with E-state index in [2.05, 4.69) is 4.74 Å². The zero-order valence-corrected chi connectivity index (χ0v) is 13.1. The lowest BCUT2D eigenvalue weighted by Crippen LogP contribution is -2.43. The predicted molar refractivity (Wildman–Crippen MR) is 82.7 cm³/mol. The average Bonchev–Trinajstić information content (AvgIpc) is 3.11. The van der Waals surface area contributed by atoms with Crippen molar-refractivity contribution in [1.29, 1.82) is 0 Å². The van der Waals surface area contributed by atoms with Crippen LogP contribution in [0.15, 0.2) is 41.0 Å². The molecule has 0 aliphatic carbocycles. The number of carbonyl (C=O) groups excluding carboxylic acids is 3. The molecule has 0 aliphatic heterocycles. The Morgan fingerprint density at radius 2 is 2.00 bits per heavy atom. The molecule has 0 radical (unpaired) electrons. The number of amides is 2. The van der Waals surface area contributed by atoms with Gasteiger partial charge in [-0.15, -0.1) is 0 Å². The van der Waals surface area contributed by atoms with Crippen LogP contribution in [0.3, 0.4) is 0 Å². The molecule has 0 spiro atoms. The van der Waals surface area contributed by atoms with Gasteiger partial charge < -0.3 is 9.15 Å². The number of furan rings is 1. The largest absolute Gasteiger partial charge is 0.459 e. The fourth-order valence-corrected chi connectivity index (χ4v) is 1.84. The van der Waals surface area contributed by atoms with E-state index in [4.69, 9.17) is 16.0 Å². The standard InChI is InChI=1S/C14H10ClN3O7/c15-8-3-4-10(18(22)23)9(6-8)14(21)25-7-12(19)16-17-13(20)11-2-1-5-24-11/h1-6H,7H2,(H,16,19)(H,17,20). The molecule has 1 aromatic heterocycles. The Hall–Kier alpha value is -3.40. The molecular formula is C14H10ClN3O7. The molecule has 0 fully saturated rings. The number of rotatable bonds is 5. The monoisotopic (exact) mass is 367 g/mol. The summed E-state index contributed by atoms with van der Waals surface area (Å²) in [4.78, 5) is 45.0. The molecule has 0 atom stereocenters. The van der Waals surface area contributed by atoms with Crippen molar-refractivity contribution in [1.82, 2.24) is 10.9 Å². The number of nitrogens with zero attached hydrogens (tertiary/aromatic N) is 1. The van der Waals surface area contributed by atoms with E-state index >= 15 is 0 Å². The normalized spacial score (nSPS) is 9.96. The fourth-order valence-electron chi connectivity index (χ4n) is 1.67. The Balaban J connectivity index is 1.89. The highest BCUT2D eigenvalue weighted by Gasteiger charge is 2.22. The molecule has 0 saturated carbocycles. The number of halogens is 1. The third-order valence-electron chi connectivity index (χ3n) is 2.77. The first-order chi connectivity index (χ1) is 11.9. The molecule has 130 valence electrons. The van der Waals surface area contributed by atoms with Crippen molar-refractivity contribution in [3.63, 3.8) is 0 Å². The third kappa shape index (κ3) is 4.78. The van der Waals surface area contributed by atoms with Gasteiger partial charge in [-0.3, -0.25) is 30.6 Å². The van der Waals surface area contributed by atoms with Gasteiger partial charge in [0.2, 0.25) is 0 Å². The summed E-state index contributed by atoms with van der Waals surface area (Å²) < 4.78 is 9.48. The number of carbonyl (C=O) groups is 3. The van der Waals surface area contributed by atoms with Crippen LogP contribution in [0.2, 0.25) is 5.02 Å². The van der Waals surface area contributed by atoms with Crippen LogP contribution in [0.4, 0.5) is 5.69 Å². The molecule has 0 aliphatic rings. The maximum Gasteiger partial charge on any atom is 0.345 e. The zero-order valence-electron chi connectivity index (χ0n) is 12.4. The molecule has 0 unspecified atom stereocenters. The lowest BCUT2D eigenvalue weighted by Gasteiger charge is -2.07. The van der Waals surface area contributed by atoms with Gasteiger partial charge in [0.1, 0.15) is 5.56 Å². The predicted octanol–water partition coefficient (Wildman–Crippen LogP) is 1.46. The van der Waals surface area contributed by atoms with Gasteiger partial charge in [-0.1, -0.05) is 11.6 Å². The van der Waals surface area contributed by atoms with E-state index in [1.807, 2.05) is 10.9 Å². The van der Waals surface area contributed by atoms with Crippen molar-refractivity contribution < 1.29 is 28.5 Å². The number of nitro groups is 1. The number of nitrogens with one attached hydrogen (secondary N) is 2. The van der Waals surface area contributed by atoms with E-state index in [1.165, 1.54) is 24.5 Å². The summed E-state index contributed by atoms with van der Waals surface area (Å²) in [5.74, 6) is -2.72. The fraction of sp³-hybridized carbons (Fsp3) is 0.0714. The number of ether oxygens (including phenoxy) is 1. The number of benzene rings is 1. The Bertz CT molecular complexity index is 820. The van der Waals surface area contributed by atoms with Gasteiger partial charge in [0, 0.05) is 11.1 Å². The second kappa shape index (κ2) is 7.93. The molecular weight excluding hydrogens is 358 g/mol. The van der Waals surface area contributed by atoms with Gasteiger partial charge in [0.25, 0.3) is 11.6 Å². The topological polar surface area (TPSA) is 141 Å². The van der Waals surface area contributed by atoms with Gasteiger partial charge in [-0.2, -0.15) is 0 Å². The number of hydrogen-bond acceptors (Lipinski definition) is 7. The van der Waals surface area contributed by atoms with Crippen LogP contribution in [0.1, 0.15) is 20.9 Å². The van der Waals surface area contributed by atoms with Crippen LogP contribution >= 0.6 is 11.6 Å². The number of esters is 1. The van der Waals surface area contributed by atoms with E-state index in [9.17, 15) is 24.5 Å². The summed E-state index contributed by atoms with van der Waals surface area (Å²) in [7, 11) is 0. The smallest absolute Gasteiger partial charge is 0.345 e. The summed E-state index contributed by atoms with van der Waals surface area (Å²) in [5, 5.41) is 11.0. The number of nitro benzene ring substituents is 1. The molecule has 2 aromatic rings. The Morgan fingerprint density at radius 1 is 1.24 bits per heavy atom. The molecule has 1 aromatic carbocycles. The highest BCUT2D eigenvalue weighted by atomic mass is 35.5. The number of hydrogen-bond donors (Lipinski definition) is 2. The quantitative estimate of drug-likeness (QED) is 0.463. The van der Waals surface area contributed by atoms with Crippen molar-refractivity contribution in [2.45, 2.75) is 0 Å². The molecule has 2 amide bonds. The van der Waals surface area contributed by atoms with E-state index in [0.29, 0.717) is 0 Å². The second-order valence-electron chi connectivity index (χ2n) is 4.47. The van der Waals surface area contributed by atoms with Gasteiger partial charge >= 0.3 is 11.9 Å². The molecule has 2 rings (SSSR count). The van der Waals surface area contributed by atoms with Crippen LogP contribution in [-0.4, -0.2) is 29.3 Å². The number of hydrazine groups is 1. The van der Waals surface area contributed by atoms with Crippen LogP contribution in [-0.2, 0) is 9.53 Å². The van der Waals surface area contributed by atoms with E-state index in [0.717, 1.165) is 12.1 Å². The summed E-state index contributed by atoms with van der Waals surface area (Å²) in [6.07, 6.45) is 1.27. The molecule has 2 N–H and O–H groups in total. The van der Waals surface area contributed by atoms with Crippen LogP contribution in [0.5, 0.6) is 0 Å². The third-order valence-corrected chi connectivity index (χ3v) is 3.01. The van der Waals surface area contributed by atoms with E-state index < -0.39 is 40.6 Å². The van der Waals surface area contributed by atoms with Gasteiger partial charge in [-0.05, 0) is 24.3 Å². The second-order valence-corrected chi connectivity index (χ2v) is 4.91. The van der Waals surface area contributed by atoms with E-state index in [-0.39, 0.29) is 10.8 Å². The van der Waals surface area contributed by atoms with Crippen molar-refractivity contribution >= 4 is 35.1 Å². The van der Waals surface area contributed by atoms with E-state index in [1.54, 1.807) is 0 Å². The van der Waals surface area contributed by atoms with Gasteiger partial charge in [0.05, 0.1) is 11.2 Å².